The average molecular weight is 141 g/mol. The quantitative estimate of drug-likeness (QED) is 0.544. The van der Waals surface area contributed by atoms with Crippen LogP contribution in [0.4, 0.5) is 10.2 Å². The van der Waals surface area contributed by atoms with E-state index in [1.807, 2.05) is 0 Å². The second-order valence-electron chi connectivity index (χ2n) is 2.07. The van der Waals surface area contributed by atoms with E-state index in [1.54, 1.807) is 13.8 Å². The van der Waals surface area contributed by atoms with E-state index in [4.69, 9.17) is 5.73 Å². The second kappa shape index (κ2) is 2.21. The zero-order valence-electron chi connectivity index (χ0n) is 5.85. The molecule has 0 unspecified atom stereocenters. The van der Waals surface area contributed by atoms with Crippen molar-refractivity contribution >= 4 is 5.82 Å². The van der Waals surface area contributed by atoms with Gasteiger partial charge in [0.15, 0.2) is 0 Å². The van der Waals surface area contributed by atoms with Gasteiger partial charge in [0.25, 0.3) is 0 Å². The van der Waals surface area contributed by atoms with E-state index < -0.39 is 5.95 Å². The van der Waals surface area contributed by atoms with Gasteiger partial charge in [-0.15, -0.1) is 0 Å². The van der Waals surface area contributed by atoms with Crippen LogP contribution in [-0.2, 0) is 0 Å². The van der Waals surface area contributed by atoms with Crippen LogP contribution in [0.3, 0.4) is 0 Å². The van der Waals surface area contributed by atoms with Gasteiger partial charge in [-0.1, -0.05) is 0 Å². The summed E-state index contributed by atoms with van der Waals surface area (Å²) in [5.74, 6) is 0.0376. The third-order valence-electron chi connectivity index (χ3n) is 1.24. The Morgan fingerprint density at radius 3 is 2.40 bits per heavy atom. The lowest BCUT2D eigenvalue weighted by atomic mass is 10.3. The molecular formula is C6H8FN3. The molecule has 0 aromatic carbocycles. The van der Waals surface area contributed by atoms with Gasteiger partial charge in [-0.2, -0.15) is 4.39 Å². The van der Waals surface area contributed by atoms with Crippen LogP contribution in [0, 0.1) is 19.8 Å². The smallest absolute Gasteiger partial charge is 0.221 e. The lowest BCUT2D eigenvalue weighted by molar-refractivity contribution is 0.566. The summed E-state index contributed by atoms with van der Waals surface area (Å²) in [5.41, 5.74) is 5.64. The Morgan fingerprint density at radius 1 is 1.30 bits per heavy atom. The summed E-state index contributed by atoms with van der Waals surface area (Å²) in [6.07, 6.45) is 0. The van der Waals surface area contributed by atoms with E-state index in [2.05, 4.69) is 9.97 Å². The van der Waals surface area contributed by atoms with Crippen LogP contribution in [0.15, 0.2) is 0 Å². The average Bonchev–Trinajstić information content (AvgIpc) is 1.82. The van der Waals surface area contributed by atoms with Crippen LogP contribution < -0.4 is 5.73 Å². The number of anilines is 1. The Kier molecular flexibility index (Phi) is 1.53. The number of nitrogens with two attached hydrogens (primary N) is 1. The van der Waals surface area contributed by atoms with Gasteiger partial charge in [-0.25, -0.2) is 9.97 Å². The molecule has 0 aliphatic rings. The van der Waals surface area contributed by atoms with Gasteiger partial charge in [0.1, 0.15) is 11.6 Å². The van der Waals surface area contributed by atoms with E-state index in [0.29, 0.717) is 11.4 Å². The molecular weight excluding hydrogens is 133 g/mol. The van der Waals surface area contributed by atoms with Crippen molar-refractivity contribution in [3.8, 4) is 0 Å². The van der Waals surface area contributed by atoms with Crippen molar-refractivity contribution in [2.75, 3.05) is 5.73 Å². The molecule has 0 saturated carbocycles. The van der Waals surface area contributed by atoms with Gasteiger partial charge in [0, 0.05) is 5.56 Å². The van der Waals surface area contributed by atoms with Gasteiger partial charge >= 0.3 is 0 Å². The molecule has 0 saturated heterocycles. The van der Waals surface area contributed by atoms with Crippen LogP contribution in [0.5, 0.6) is 0 Å². The molecule has 0 aliphatic carbocycles. The standard InChI is InChI=1S/C6H8FN3/c1-3-5(7)9-4(2)10-6(3)8/h1-2H3,(H2,8,9,10). The SMILES string of the molecule is Cc1nc(N)c(C)c(F)n1. The van der Waals surface area contributed by atoms with Crippen LogP contribution in [0.25, 0.3) is 0 Å². The monoisotopic (exact) mass is 141 g/mol. The van der Waals surface area contributed by atoms with Gasteiger partial charge < -0.3 is 5.73 Å². The zero-order chi connectivity index (χ0) is 7.72. The van der Waals surface area contributed by atoms with E-state index in [1.165, 1.54) is 0 Å². The molecule has 0 spiro atoms. The third kappa shape index (κ3) is 1.05. The molecule has 4 heteroatoms. The molecule has 54 valence electrons. The number of hydrogen-bond donors (Lipinski definition) is 1. The van der Waals surface area contributed by atoms with Gasteiger partial charge in [0.05, 0.1) is 0 Å². The van der Waals surface area contributed by atoms with Gasteiger partial charge in [0.2, 0.25) is 5.95 Å². The minimum atomic E-state index is -0.537. The summed E-state index contributed by atoms with van der Waals surface area (Å²) in [6.45, 7) is 3.14. The fraction of sp³-hybridized carbons (Fsp3) is 0.333. The van der Waals surface area contributed by atoms with Gasteiger partial charge in [-0.05, 0) is 13.8 Å². The highest BCUT2D eigenvalue weighted by atomic mass is 19.1. The zero-order valence-corrected chi connectivity index (χ0v) is 5.85. The molecule has 2 N–H and O–H groups in total. The fourth-order valence-corrected chi connectivity index (χ4v) is 0.615. The van der Waals surface area contributed by atoms with E-state index in [9.17, 15) is 4.39 Å². The summed E-state index contributed by atoms with van der Waals surface area (Å²) in [4.78, 5) is 7.24. The van der Waals surface area contributed by atoms with Crippen molar-refractivity contribution in [1.82, 2.24) is 9.97 Å². The second-order valence-corrected chi connectivity index (χ2v) is 2.07. The lowest BCUT2D eigenvalue weighted by Gasteiger charge is -1.99. The summed E-state index contributed by atoms with van der Waals surface area (Å²) in [7, 11) is 0. The van der Waals surface area contributed by atoms with E-state index in [-0.39, 0.29) is 5.82 Å². The van der Waals surface area contributed by atoms with Crippen LogP contribution >= 0.6 is 0 Å². The van der Waals surface area contributed by atoms with Crippen molar-refractivity contribution in [1.29, 1.82) is 0 Å². The highest BCUT2D eigenvalue weighted by molar-refractivity contribution is 5.36. The van der Waals surface area contributed by atoms with Crippen molar-refractivity contribution < 1.29 is 4.39 Å². The first kappa shape index (κ1) is 6.92. The van der Waals surface area contributed by atoms with Crippen molar-refractivity contribution in [3.05, 3.63) is 17.3 Å². The third-order valence-corrected chi connectivity index (χ3v) is 1.24. The van der Waals surface area contributed by atoms with Crippen LogP contribution in [-0.4, -0.2) is 9.97 Å². The molecule has 0 atom stereocenters. The molecule has 1 rings (SSSR count). The van der Waals surface area contributed by atoms with Crippen molar-refractivity contribution in [2.24, 2.45) is 0 Å². The molecule has 0 radical (unpaired) electrons. The molecule has 10 heavy (non-hydrogen) atoms. The molecule has 0 bridgehead atoms. The van der Waals surface area contributed by atoms with Crippen molar-refractivity contribution in [2.45, 2.75) is 13.8 Å². The number of rotatable bonds is 0. The minimum Gasteiger partial charge on any atom is -0.383 e. The van der Waals surface area contributed by atoms with Gasteiger partial charge in [-0.3, -0.25) is 0 Å². The summed E-state index contributed by atoms with van der Waals surface area (Å²) < 4.78 is 12.6. The Morgan fingerprint density at radius 2 is 1.90 bits per heavy atom. The molecule has 3 nitrogen and oxygen atoms in total. The maximum absolute atomic E-state index is 12.6. The minimum absolute atomic E-state index is 0.213. The lowest BCUT2D eigenvalue weighted by Crippen LogP contribution is -2.02. The first-order valence-corrected chi connectivity index (χ1v) is 2.87. The number of aromatic nitrogens is 2. The molecule has 0 fully saturated rings. The predicted octanol–water partition coefficient (Wildman–Crippen LogP) is 0.815. The molecule has 1 aromatic heterocycles. The maximum Gasteiger partial charge on any atom is 0.221 e. The van der Waals surface area contributed by atoms with E-state index >= 15 is 0 Å². The molecule has 1 aromatic rings. The number of aryl methyl sites for hydroxylation is 1. The number of halogens is 1. The fourth-order valence-electron chi connectivity index (χ4n) is 0.615. The Bertz CT molecular complexity index is 236. The molecule has 0 aliphatic heterocycles. The number of hydrogen-bond acceptors (Lipinski definition) is 3. The number of nitrogen functional groups attached to an aromatic ring is 1. The summed E-state index contributed by atoms with van der Waals surface area (Å²) in [5, 5.41) is 0. The largest absolute Gasteiger partial charge is 0.383 e. The highest BCUT2D eigenvalue weighted by Crippen LogP contribution is 2.08. The Hall–Kier alpha value is -1.19. The maximum atomic E-state index is 12.6. The van der Waals surface area contributed by atoms with Crippen molar-refractivity contribution in [3.63, 3.8) is 0 Å². The van der Waals surface area contributed by atoms with Crippen LogP contribution in [0.1, 0.15) is 11.4 Å². The molecule has 1 heterocycles. The predicted molar refractivity (Wildman–Crippen MR) is 35.9 cm³/mol. The Balaban J connectivity index is 3.31. The number of nitrogens with zero attached hydrogens (tertiary/aromatic N) is 2. The first-order chi connectivity index (χ1) is 4.61. The van der Waals surface area contributed by atoms with Crippen LogP contribution in [0.2, 0.25) is 0 Å². The van der Waals surface area contributed by atoms with E-state index in [0.717, 1.165) is 0 Å². The molecule has 0 amide bonds. The summed E-state index contributed by atoms with van der Waals surface area (Å²) >= 11 is 0. The topological polar surface area (TPSA) is 51.8 Å². The summed E-state index contributed by atoms with van der Waals surface area (Å²) in [6, 6.07) is 0. The highest BCUT2D eigenvalue weighted by Gasteiger charge is 2.03. The first-order valence-electron chi connectivity index (χ1n) is 2.87. The Labute approximate surface area is 58.1 Å². The normalized spacial score (nSPS) is 9.90.